The Balaban J connectivity index is 1.57. The van der Waals surface area contributed by atoms with Gasteiger partial charge in [-0.3, -0.25) is 9.58 Å². The first-order valence-electron chi connectivity index (χ1n) is 9.09. The van der Waals surface area contributed by atoms with E-state index in [2.05, 4.69) is 27.7 Å². The number of nitrogens with one attached hydrogen (secondary N) is 1. The van der Waals surface area contributed by atoms with Gasteiger partial charge in [-0.15, -0.1) is 0 Å². The van der Waals surface area contributed by atoms with Crippen molar-refractivity contribution in [3.8, 4) is 0 Å². The van der Waals surface area contributed by atoms with Crippen molar-refractivity contribution in [1.29, 1.82) is 0 Å². The minimum absolute atomic E-state index is 0.244. The topological polar surface area (TPSA) is 80.4 Å². The van der Waals surface area contributed by atoms with Crippen LogP contribution in [0.2, 0.25) is 0 Å². The van der Waals surface area contributed by atoms with Crippen LogP contribution in [0.1, 0.15) is 48.6 Å². The van der Waals surface area contributed by atoms with E-state index in [0.717, 1.165) is 68.2 Å². The highest BCUT2D eigenvalue weighted by atomic mass is 32.2. The Labute approximate surface area is 155 Å². The van der Waals surface area contributed by atoms with Crippen LogP contribution in [0.15, 0.2) is 22.6 Å². The Morgan fingerprint density at radius 3 is 2.85 bits per heavy atom. The smallest absolute Gasteiger partial charge is 0.209 e. The van der Waals surface area contributed by atoms with Crippen molar-refractivity contribution in [2.45, 2.75) is 52.2 Å². The molecule has 1 N–H and O–H groups in total. The summed E-state index contributed by atoms with van der Waals surface area (Å²) in [5.74, 6) is 2.41. The van der Waals surface area contributed by atoms with Gasteiger partial charge in [0.15, 0.2) is 0 Å². The van der Waals surface area contributed by atoms with E-state index in [4.69, 9.17) is 4.42 Å². The first kappa shape index (κ1) is 19.1. The van der Waals surface area contributed by atoms with E-state index >= 15 is 0 Å². The van der Waals surface area contributed by atoms with E-state index < -0.39 is 10.0 Å². The summed E-state index contributed by atoms with van der Waals surface area (Å²) in [6.45, 7) is 8.19. The molecule has 8 heteroatoms. The molecule has 1 aliphatic heterocycles. The van der Waals surface area contributed by atoms with Gasteiger partial charge in [-0.2, -0.15) is 5.10 Å². The molecule has 0 radical (unpaired) electrons. The average molecular weight is 381 g/mol. The summed E-state index contributed by atoms with van der Waals surface area (Å²) in [7, 11) is -3.20. The molecule has 0 spiro atoms. The highest BCUT2D eigenvalue weighted by Gasteiger charge is 2.18. The summed E-state index contributed by atoms with van der Waals surface area (Å²) in [5.41, 5.74) is 1.92. The van der Waals surface area contributed by atoms with Crippen LogP contribution >= 0.6 is 0 Å². The molecule has 26 heavy (non-hydrogen) atoms. The Hall–Kier alpha value is -1.64. The van der Waals surface area contributed by atoms with Crippen LogP contribution < -0.4 is 4.72 Å². The molecular weight excluding hydrogens is 352 g/mol. The predicted octanol–water partition coefficient (Wildman–Crippen LogP) is 2.23. The molecule has 144 valence electrons. The highest BCUT2D eigenvalue weighted by molar-refractivity contribution is 7.88. The average Bonchev–Trinajstić information content (AvgIpc) is 3.11. The second-order valence-electron chi connectivity index (χ2n) is 7.21. The highest BCUT2D eigenvalue weighted by Crippen LogP contribution is 2.23. The van der Waals surface area contributed by atoms with Gasteiger partial charge in [0.25, 0.3) is 0 Å². The molecule has 2 aromatic heterocycles. The molecule has 0 aliphatic carbocycles. The number of rotatable bonds is 7. The molecule has 0 aromatic carbocycles. The third-order valence-corrected chi connectivity index (χ3v) is 5.45. The van der Waals surface area contributed by atoms with Crippen LogP contribution in [0.25, 0.3) is 0 Å². The van der Waals surface area contributed by atoms with Crippen molar-refractivity contribution in [2.24, 2.45) is 0 Å². The van der Waals surface area contributed by atoms with Gasteiger partial charge in [0.1, 0.15) is 11.5 Å². The molecular formula is C18H28N4O3S. The lowest BCUT2D eigenvalue weighted by atomic mass is 10.0. The summed E-state index contributed by atoms with van der Waals surface area (Å²) >= 11 is 0. The first-order valence-corrected chi connectivity index (χ1v) is 11.0. The van der Waals surface area contributed by atoms with Crippen molar-refractivity contribution in [1.82, 2.24) is 19.4 Å². The van der Waals surface area contributed by atoms with E-state index in [0.29, 0.717) is 5.92 Å². The molecule has 0 unspecified atom stereocenters. The van der Waals surface area contributed by atoms with E-state index in [9.17, 15) is 8.42 Å². The molecule has 3 heterocycles. The van der Waals surface area contributed by atoms with Crippen molar-refractivity contribution >= 4 is 10.0 Å². The predicted molar refractivity (Wildman–Crippen MR) is 100 cm³/mol. The summed E-state index contributed by atoms with van der Waals surface area (Å²) < 4.78 is 32.8. The van der Waals surface area contributed by atoms with E-state index in [1.54, 1.807) is 0 Å². The maximum absolute atomic E-state index is 11.3. The van der Waals surface area contributed by atoms with E-state index in [-0.39, 0.29) is 6.54 Å². The number of aromatic nitrogens is 2. The lowest BCUT2D eigenvalue weighted by Crippen LogP contribution is -2.25. The zero-order valence-corrected chi connectivity index (χ0v) is 16.6. The fraction of sp³-hybridized carbons (Fsp3) is 0.611. The number of hydrogen-bond acceptors (Lipinski definition) is 5. The number of furan rings is 1. The number of hydrogen-bond donors (Lipinski definition) is 1. The van der Waals surface area contributed by atoms with Crippen LogP contribution in [0.4, 0.5) is 0 Å². The quantitative estimate of drug-likeness (QED) is 0.797. The van der Waals surface area contributed by atoms with Crippen molar-refractivity contribution in [2.75, 3.05) is 19.3 Å². The number of nitrogens with zero attached hydrogens (tertiary/aromatic N) is 3. The Morgan fingerprint density at radius 1 is 1.35 bits per heavy atom. The van der Waals surface area contributed by atoms with Gasteiger partial charge in [0, 0.05) is 25.6 Å². The second-order valence-corrected chi connectivity index (χ2v) is 9.04. The molecule has 0 saturated carbocycles. The zero-order valence-electron chi connectivity index (χ0n) is 15.7. The monoisotopic (exact) mass is 380 g/mol. The van der Waals surface area contributed by atoms with Crippen molar-refractivity contribution in [3.63, 3.8) is 0 Å². The normalized spacial score (nSPS) is 17.0. The van der Waals surface area contributed by atoms with Crippen molar-refractivity contribution < 1.29 is 12.8 Å². The summed E-state index contributed by atoms with van der Waals surface area (Å²) in [6.07, 6.45) is 3.25. The fourth-order valence-electron chi connectivity index (χ4n) is 3.31. The Kier molecular flexibility index (Phi) is 5.84. The van der Waals surface area contributed by atoms with Crippen molar-refractivity contribution in [3.05, 3.63) is 41.1 Å². The summed E-state index contributed by atoms with van der Waals surface area (Å²) in [4.78, 5) is 2.45. The molecule has 0 bridgehead atoms. The summed E-state index contributed by atoms with van der Waals surface area (Å²) in [5, 5.41) is 4.54. The van der Waals surface area contributed by atoms with E-state index in [1.165, 1.54) is 0 Å². The maximum Gasteiger partial charge on any atom is 0.209 e. The number of aryl methyl sites for hydroxylation is 2. The third kappa shape index (κ3) is 5.18. The minimum Gasteiger partial charge on any atom is -0.466 e. The Bertz CT molecular complexity index is 840. The largest absolute Gasteiger partial charge is 0.466 e. The molecule has 7 nitrogen and oxygen atoms in total. The molecule has 2 aromatic rings. The molecule has 1 aliphatic rings. The summed E-state index contributed by atoms with van der Waals surface area (Å²) in [6, 6.07) is 6.09. The standard InChI is InChI=1S/C18H28N4O3S/c1-14(18-6-5-15(2)25-18)7-10-21-8-4-9-22-17(13-21)11-16(20-22)12-19-26(3,23)24/h5-6,11,14,19H,4,7-10,12-13H2,1-3H3/t14-/m0/s1. The van der Waals surface area contributed by atoms with Crippen LogP contribution in [-0.2, 0) is 29.7 Å². The molecule has 0 saturated heterocycles. The van der Waals surface area contributed by atoms with Gasteiger partial charge in [-0.05, 0) is 44.5 Å². The van der Waals surface area contributed by atoms with Crippen LogP contribution in [-0.4, -0.2) is 42.4 Å². The van der Waals surface area contributed by atoms with Gasteiger partial charge in [0.05, 0.1) is 24.2 Å². The maximum atomic E-state index is 11.3. The zero-order chi connectivity index (χ0) is 18.7. The van der Waals surface area contributed by atoms with Crippen LogP contribution in [0, 0.1) is 6.92 Å². The Morgan fingerprint density at radius 2 is 2.15 bits per heavy atom. The van der Waals surface area contributed by atoms with Gasteiger partial charge in [-0.1, -0.05) is 6.92 Å². The number of fused-ring (bicyclic) bond motifs is 1. The fourth-order valence-corrected chi connectivity index (χ4v) is 3.72. The van der Waals surface area contributed by atoms with Gasteiger partial charge in [-0.25, -0.2) is 13.1 Å². The molecule has 3 rings (SSSR count). The molecule has 1 atom stereocenters. The lowest BCUT2D eigenvalue weighted by Gasteiger charge is -2.21. The van der Waals surface area contributed by atoms with Crippen LogP contribution in [0.3, 0.4) is 0 Å². The third-order valence-electron chi connectivity index (χ3n) is 4.78. The van der Waals surface area contributed by atoms with Crippen LogP contribution in [0.5, 0.6) is 0 Å². The molecule has 0 amide bonds. The minimum atomic E-state index is -3.20. The second kappa shape index (κ2) is 7.94. The number of sulfonamides is 1. The van der Waals surface area contributed by atoms with Gasteiger partial charge in [0.2, 0.25) is 10.0 Å². The lowest BCUT2D eigenvalue weighted by molar-refractivity contribution is 0.255. The first-order chi connectivity index (χ1) is 12.3. The SMILES string of the molecule is Cc1ccc([C@@H](C)CCN2CCCn3nc(CNS(C)(=O)=O)cc3C2)o1. The van der Waals surface area contributed by atoms with Gasteiger partial charge < -0.3 is 4.42 Å². The molecule has 0 fully saturated rings. The van der Waals surface area contributed by atoms with E-state index in [1.807, 2.05) is 23.7 Å². The van der Waals surface area contributed by atoms with Gasteiger partial charge >= 0.3 is 0 Å².